The van der Waals surface area contributed by atoms with Crippen molar-refractivity contribution in [1.29, 1.82) is 0 Å². The van der Waals surface area contributed by atoms with E-state index in [1.54, 1.807) is 0 Å². The van der Waals surface area contributed by atoms with E-state index in [0.29, 0.717) is 0 Å². The minimum Gasteiger partial charge on any atom is -0.309 e. The van der Waals surface area contributed by atoms with Crippen LogP contribution in [0.15, 0.2) is 158 Å². The summed E-state index contributed by atoms with van der Waals surface area (Å²) in [5, 5.41) is 2.38. The lowest BCUT2D eigenvalue weighted by Gasteiger charge is -2.12. The maximum absolute atomic E-state index is 5.13. The Labute approximate surface area is 289 Å². The first kappa shape index (κ1) is 26.7. The van der Waals surface area contributed by atoms with Gasteiger partial charge in [-0.05, 0) is 84.9 Å². The van der Waals surface area contributed by atoms with Crippen molar-refractivity contribution < 1.29 is 0 Å². The maximum atomic E-state index is 5.13. The minimum atomic E-state index is 0.837. The number of imidazole rings is 4. The fraction of sp³-hybridized carbons (Fsp3) is 0. The van der Waals surface area contributed by atoms with Crippen LogP contribution in [0.1, 0.15) is 0 Å². The van der Waals surface area contributed by atoms with Gasteiger partial charge in [-0.1, -0.05) is 66.7 Å². The Morgan fingerprint density at radius 3 is 1.71 bits per heavy atom. The van der Waals surface area contributed by atoms with E-state index >= 15 is 0 Å². The van der Waals surface area contributed by atoms with Gasteiger partial charge in [-0.25, -0.2) is 15.0 Å². The molecule has 51 heavy (non-hydrogen) atoms. The van der Waals surface area contributed by atoms with E-state index in [1.165, 1.54) is 10.8 Å². The number of pyridine rings is 1. The molecule has 0 aliphatic rings. The van der Waals surface area contributed by atoms with Crippen molar-refractivity contribution in [2.45, 2.75) is 0 Å². The Bertz CT molecular complexity index is 3390. The van der Waals surface area contributed by atoms with Crippen LogP contribution in [0.5, 0.6) is 0 Å². The summed E-state index contributed by atoms with van der Waals surface area (Å²) in [5.41, 5.74) is 13.6. The summed E-state index contributed by atoms with van der Waals surface area (Å²) in [7, 11) is 0. The van der Waals surface area contributed by atoms with Gasteiger partial charge in [-0.15, -0.1) is 0 Å². The zero-order valence-electron chi connectivity index (χ0n) is 27.1. The molecule has 12 rings (SSSR count). The van der Waals surface area contributed by atoms with Crippen LogP contribution in [0.4, 0.5) is 0 Å². The molecular weight excluding hydrogens is 629 g/mol. The van der Waals surface area contributed by atoms with Crippen LogP contribution in [0.25, 0.3) is 94.7 Å². The van der Waals surface area contributed by atoms with Gasteiger partial charge in [0.1, 0.15) is 0 Å². The topological polar surface area (TPSA) is 62.3 Å². The number of aromatic nitrogens is 8. The summed E-state index contributed by atoms with van der Waals surface area (Å²) in [6.45, 7) is 0. The molecule has 0 aliphatic carbocycles. The highest BCUT2D eigenvalue weighted by atomic mass is 15.2. The quantitative estimate of drug-likeness (QED) is 0.191. The van der Waals surface area contributed by atoms with Crippen molar-refractivity contribution >= 4 is 77.6 Å². The number of rotatable bonds is 3. The lowest BCUT2D eigenvalue weighted by atomic mass is 10.1. The Kier molecular flexibility index (Phi) is 5.09. The third kappa shape index (κ3) is 3.50. The predicted octanol–water partition coefficient (Wildman–Crippen LogP) is 9.67. The van der Waals surface area contributed by atoms with Gasteiger partial charge >= 0.3 is 0 Å². The van der Waals surface area contributed by atoms with Gasteiger partial charge in [0.25, 0.3) is 0 Å². The van der Waals surface area contributed by atoms with Gasteiger partial charge < -0.3 is 4.57 Å². The maximum Gasteiger partial charge on any atom is 0.221 e. The van der Waals surface area contributed by atoms with E-state index in [0.717, 1.165) is 83.9 Å². The Balaban J connectivity index is 1.13. The molecule has 0 spiro atoms. The molecule has 6 aromatic carbocycles. The van der Waals surface area contributed by atoms with Crippen molar-refractivity contribution in [2.75, 3.05) is 0 Å². The number of para-hydroxylation sites is 7. The van der Waals surface area contributed by atoms with Crippen LogP contribution in [-0.4, -0.2) is 37.5 Å². The fourth-order valence-corrected chi connectivity index (χ4v) is 8.22. The highest BCUT2D eigenvalue weighted by Crippen LogP contribution is 2.37. The average Bonchev–Trinajstić information content (AvgIpc) is 3.97. The zero-order chi connectivity index (χ0) is 33.2. The van der Waals surface area contributed by atoms with Crippen LogP contribution >= 0.6 is 0 Å². The van der Waals surface area contributed by atoms with Crippen molar-refractivity contribution in [3.8, 4) is 17.1 Å². The van der Waals surface area contributed by atoms with Crippen molar-refractivity contribution in [1.82, 2.24) is 37.5 Å². The lowest BCUT2D eigenvalue weighted by molar-refractivity contribution is 1.08. The molecule has 0 amide bonds. The second kappa shape index (κ2) is 9.71. The van der Waals surface area contributed by atoms with Crippen LogP contribution in [0.3, 0.4) is 0 Å². The molecule has 0 N–H and O–H groups in total. The number of hydrogen-bond acceptors (Lipinski definition) is 3. The molecular formula is C43H26N8. The predicted molar refractivity (Wildman–Crippen MR) is 205 cm³/mol. The second-order valence-corrected chi connectivity index (χ2v) is 13.1. The fourth-order valence-electron chi connectivity index (χ4n) is 8.22. The molecule has 0 atom stereocenters. The van der Waals surface area contributed by atoms with E-state index in [2.05, 4.69) is 156 Å². The molecule has 0 aliphatic heterocycles. The molecule has 6 aromatic heterocycles. The summed E-state index contributed by atoms with van der Waals surface area (Å²) < 4.78 is 11.3. The largest absolute Gasteiger partial charge is 0.309 e. The molecule has 0 bridgehead atoms. The summed E-state index contributed by atoms with van der Waals surface area (Å²) in [5.74, 6) is 1.73. The van der Waals surface area contributed by atoms with Crippen molar-refractivity contribution in [2.24, 2.45) is 0 Å². The van der Waals surface area contributed by atoms with Gasteiger partial charge in [0.05, 0.1) is 61.0 Å². The lowest BCUT2D eigenvalue weighted by Crippen LogP contribution is -2.00. The smallest absolute Gasteiger partial charge is 0.221 e. The van der Waals surface area contributed by atoms with Crippen molar-refractivity contribution in [3.05, 3.63) is 158 Å². The Morgan fingerprint density at radius 1 is 0.353 bits per heavy atom. The van der Waals surface area contributed by atoms with E-state index in [9.17, 15) is 0 Å². The third-order valence-electron chi connectivity index (χ3n) is 10.3. The molecule has 8 nitrogen and oxygen atoms in total. The number of hydrogen-bond donors (Lipinski definition) is 0. The molecule has 0 radical (unpaired) electrons. The second-order valence-electron chi connectivity index (χ2n) is 13.1. The van der Waals surface area contributed by atoms with E-state index in [1.807, 2.05) is 24.4 Å². The van der Waals surface area contributed by atoms with Crippen LogP contribution < -0.4 is 0 Å². The molecule has 0 saturated heterocycles. The molecule has 8 heteroatoms. The van der Waals surface area contributed by atoms with Crippen LogP contribution in [0.2, 0.25) is 0 Å². The number of fused-ring (bicyclic) bond motifs is 13. The first-order valence-electron chi connectivity index (χ1n) is 17.1. The number of nitrogens with zero attached hydrogens (tertiary/aromatic N) is 8. The first-order valence-corrected chi connectivity index (χ1v) is 17.1. The standard InChI is InChI=1S/C43H26N8/c1-4-16-34-30(13-1)31-23-22-29(49-41-39(21-10-24-44-41)51-36-18-6-3-15-33(36)46-43(49)51)26-40(31)47(34)27-11-9-12-28(25-27)48-37-19-7-8-20-38(37)50-35-17-5-2-14-32(35)45-42(48)50/h1-26H. The highest BCUT2D eigenvalue weighted by molar-refractivity contribution is 6.10. The van der Waals surface area contributed by atoms with Gasteiger partial charge in [0, 0.05) is 22.7 Å². The Morgan fingerprint density at radius 2 is 0.922 bits per heavy atom. The van der Waals surface area contributed by atoms with E-state index in [-0.39, 0.29) is 0 Å². The van der Waals surface area contributed by atoms with Crippen LogP contribution in [0, 0.1) is 0 Å². The normalized spacial score (nSPS) is 12.3. The molecule has 238 valence electrons. The Hall–Kier alpha value is -7.19. The summed E-state index contributed by atoms with van der Waals surface area (Å²) >= 11 is 0. The van der Waals surface area contributed by atoms with E-state index in [4.69, 9.17) is 15.0 Å². The SMILES string of the molecule is c1cc(-n2c3ccccc3c3ccc(-n4c5ncccc5n5c6ccccc6nc45)cc32)cc(-n2c3ccccc3n3c4ccccc4nc23)c1. The van der Waals surface area contributed by atoms with Gasteiger partial charge in [-0.2, -0.15) is 0 Å². The van der Waals surface area contributed by atoms with E-state index < -0.39 is 0 Å². The highest BCUT2D eigenvalue weighted by Gasteiger charge is 2.21. The summed E-state index contributed by atoms with van der Waals surface area (Å²) in [6.07, 6.45) is 1.85. The number of benzene rings is 6. The molecule has 0 fully saturated rings. The van der Waals surface area contributed by atoms with Gasteiger partial charge in [0.2, 0.25) is 11.6 Å². The van der Waals surface area contributed by atoms with Crippen LogP contribution in [-0.2, 0) is 0 Å². The van der Waals surface area contributed by atoms with Crippen molar-refractivity contribution in [3.63, 3.8) is 0 Å². The summed E-state index contributed by atoms with van der Waals surface area (Å²) in [6, 6.07) is 53.4. The third-order valence-corrected chi connectivity index (χ3v) is 10.3. The zero-order valence-corrected chi connectivity index (χ0v) is 27.1. The minimum absolute atomic E-state index is 0.837. The summed E-state index contributed by atoms with van der Waals surface area (Å²) in [4.78, 5) is 15.1. The monoisotopic (exact) mass is 654 g/mol. The first-order chi connectivity index (χ1) is 25.3. The molecule has 0 unspecified atom stereocenters. The molecule has 0 saturated carbocycles. The van der Waals surface area contributed by atoms with Gasteiger partial charge in [-0.3, -0.25) is 17.9 Å². The molecule has 12 aromatic rings. The molecule has 6 heterocycles. The van der Waals surface area contributed by atoms with Gasteiger partial charge in [0.15, 0.2) is 5.65 Å². The average molecular weight is 655 g/mol.